The van der Waals surface area contributed by atoms with Crippen LogP contribution in [-0.2, 0) is 5.41 Å². The highest BCUT2D eigenvalue weighted by atomic mass is 79.9. The van der Waals surface area contributed by atoms with E-state index in [-0.39, 0.29) is 15.6 Å². The van der Waals surface area contributed by atoms with Crippen molar-refractivity contribution >= 4 is 15.9 Å². The van der Waals surface area contributed by atoms with Crippen LogP contribution < -0.4 is 0 Å². The van der Waals surface area contributed by atoms with Gasteiger partial charge in [0.25, 0.3) is 0 Å². The lowest BCUT2D eigenvalue weighted by atomic mass is 9.81. The normalized spacial score (nSPS) is 11.8. The zero-order valence-electron chi connectivity index (χ0n) is 11.7. The van der Waals surface area contributed by atoms with Crippen LogP contribution in [0.15, 0.2) is 28.7 Å². The maximum absolute atomic E-state index is 14.4. The molecule has 0 aromatic heterocycles. The summed E-state index contributed by atoms with van der Waals surface area (Å²) in [6, 6.07) is 4.83. The van der Waals surface area contributed by atoms with Gasteiger partial charge in [0.1, 0.15) is 0 Å². The lowest BCUT2D eigenvalue weighted by molar-refractivity contribution is 0.491. The lowest BCUT2D eigenvalue weighted by Crippen LogP contribution is -2.15. The molecule has 0 aliphatic carbocycles. The molecule has 0 heterocycles. The zero-order chi connectivity index (χ0) is 15.9. The Bertz CT molecular complexity index is 702. The van der Waals surface area contributed by atoms with Crippen LogP contribution in [0, 0.1) is 23.3 Å². The first kappa shape index (κ1) is 16.0. The van der Waals surface area contributed by atoms with Crippen molar-refractivity contribution < 1.29 is 17.6 Å². The van der Waals surface area contributed by atoms with Crippen LogP contribution >= 0.6 is 15.9 Å². The van der Waals surface area contributed by atoms with Crippen LogP contribution in [0.5, 0.6) is 0 Å². The fraction of sp³-hybridized carbons (Fsp3) is 0.250. The summed E-state index contributed by atoms with van der Waals surface area (Å²) in [6.45, 7) is 5.35. The largest absolute Gasteiger partial charge is 0.204 e. The highest BCUT2D eigenvalue weighted by molar-refractivity contribution is 9.10. The Kier molecular flexibility index (Phi) is 4.15. The topological polar surface area (TPSA) is 0 Å². The fourth-order valence-electron chi connectivity index (χ4n) is 2.15. The van der Waals surface area contributed by atoms with Crippen molar-refractivity contribution in [3.05, 3.63) is 57.6 Å². The monoisotopic (exact) mass is 360 g/mol. The number of benzene rings is 2. The van der Waals surface area contributed by atoms with Crippen molar-refractivity contribution in [1.82, 2.24) is 0 Å². The molecule has 2 aromatic carbocycles. The maximum atomic E-state index is 14.4. The quantitative estimate of drug-likeness (QED) is 0.434. The smallest absolute Gasteiger partial charge is 0.173 e. The van der Waals surface area contributed by atoms with Gasteiger partial charge in [0.2, 0.25) is 0 Å². The van der Waals surface area contributed by atoms with Gasteiger partial charge < -0.3 is 0 Å². The standard InChI is InChI=1S/C16H13BrF4/c1-16(2,3)9-7-10(17)14(20)15(21)12(9)8-5-4-6-11(18)13(8)19/h4-7H,1-3H3. The van der Waals surface area contributed by atoms with Gasteiger partial charge in [-0.2, -0.15) is 0 Å². The van der Waals surface area contributed by atoms with Crippen LogP contribution in [0.3, 0.4) is 0 Å². The summed E-state index contributed by atoms with van der Waals surface area (Å²) in [5.41, 5.74) is -0.729. The third kappa shape index (κ3) is 2.84. The second-order valence-electron chi connectivity index (χ2n) is 5.76. The van der Waals surface area contributed by atoms with Crippen molar-refractivity contribution in [3.63, 3.8) is 0 Å². The maximum Gasteiger partial charge on any atom is 0.173 e. The number of hydrogen-bond donors (Lipinski definition) is 0. The molecule has 0 bridgehead atoms. The van der Waals surface area contributed by atoms with Crippen molar-refractivity contribution in [2.24, 2.45) is 0 Å². The first-order chi connectivity index (χ1) is 9.64. The minimum Gasteiger partial charge on any atom is -0.204 e. The molecule has 0 N–H and O–H groups in total. The Hall–Kier alpha value is -1.36. The van der Waals surface area contributed by atoms with E-state index in [1.165, 1.54) is 18.2 Å². The summed E-state index contributed by atoms with van der Waals surface area (Å²) in [5, 5.41) is 0. The Morgan fingerprint density at radius 3 is 2.10 bits per heavy atom. The van der Waals surface area contributed by atoms with E-state index >= 15 is 0 Å². The third-order valence-electron chi connectivity index (χ3n) is 3.19. The number of hydrogen-bond acceptors (Lipinski definition) is 0. The number of halogens is 5. The molecule has 112 valence electrons. The SMILES string of the molecule is CC(C)(C)c1cc(Br)c(F)c(F)c1-c1cccc(F)c1F. The molecule has 0 aliphatic heterocycles. The second-order valence-corrected chi connectivity index (χ2v) is 6.61. The predicted octanol–water partition coefficient (Wildman–Crippen LogP) is 5.97. The summed E-state index contributed by atoms with van der Waals surface area (Å²) in [6.07, 6.45) is 0. The van der Waals surface area contributed by atoms with Gasteiger partial charge in [-0.3, -0.25) is 0 Å². The molecule has 0 radical (unpaired) electrons. The van der Waals surface area contributed by atoms with Crippen LogP contribution in [0.1, 0.15) is 26.3 Å². The molecular weight excluding hydrogens is 348 g/mol. The first-order valence-corrected chi connectivity index (χ1v) is 7.06. The van der Waals surface area contributed by atoms with E-state index in [0.29, 0.717) is 5.56 Å². The van der Waals surface area contributed by atoms with E-state index in [1.807, 2.05) is 0 Å². The molecule has 21 heavy (non-hydrogen) atoms. The van der Waals surface area contributed by atoms with Crippen LogP contribution in [-0.4, -0.2) is 0 Å². The molecule has 5 heteroatoms. The van der Waals surface area contributed by atoms with Gasteiger partial charge in [-0.25, -0.2) is 17.6 Å². The highest BCUT2D eigenvalue weighted by Gasteiger charge is 2.27. The molecule has 0 unspecified atom stereocenters. The molecule has 0 saturated carbocycles. The van der Waals surface area contributed by atoms with Crippen molar-refractivity contribution in [2.75, 3.05) is 0 Å². The molecule has 0 nitrogen and oxygen atoms in total. The van der Waals surface area contributed by atoms with E-state index in [9.17, 15) is 17.6 Å². The fourth-order valence-corrected chi connectivity index (χ4v) is 2.55. The highest BCUT2D eigenvalue weighted by Crippen LogP contribution is 2.40. The zero-order valence-corrected chi connectivity index (χ0v) is 13.3. The molecule has 0 saturated heterocycles. The second kappa shape index (κ2) is 5.44. The van der Waals surface area contributed by atoms with Crippen molar-refractivity contribution in [2.45, 2.75) is 26.2 Å². The van der Waals surface area contributed by atoms with E-state index < -0.39 is 28.7 Å². The molecule has 0 atom stereocenters. The summed E-state index contributed by atoms with van der Waals surface area (Å²) in [4.78, 5) is 0. The van der Waals surface area contributed by atoms with Crippen molar-refractivity contribution in [1.29, 1.82) is 0 Å². The summed E-state index contributed by atoms with van der Waals surface area (Å²) in [5.74, 6) is -4.61. The van der Waals surface area contributed by atoms with Gasteiger partial charge in [0, 0.05) is 11.1 Å². The van der Waals surface area contributed by atoms with Gasteiger partial charge in [-0.1, -0.05) is 32.9 Å². The van der Waals surface area contributed by atoms with Gasteiger partial charge in [0.05, 0.1) is 4.47 Å². The molecule has 0 aliphatic rings. The van der Waals surface area contributed by atoms with E-state index in [2.05, 4.69) is 15.9 Å². The van der Waals surface area contributed by atoms with Crippen molar-refractivity contribution in [3.8, 4) is 11.1 Å². The van der Waals surface area contributed by atoms with Gasteiger partial charge in [0.15, 0.2) is 23.3 Å². The van der Waals surface area contributed by atoms with E-state index in [4.69, 9.17) is 0 Å². The predicted molar refractivity (Wildman–Crippen MR) is 78.1 cm³/mol. The lowest BCUT2D eigenvalue weighted by Gasteiger charge is -2.24. The molecule has 0 spiro atoms. The van der Waals surface area contributed by atoms with Crippen LogP contribution in [0.2, 0.25) is 0 Å². The molecular formula is C16H13BrF4. The van der Waals surface area contributed by atoms with Crippen LogP contribution in [0.4, 0.5) is 17.6 Å². The first-order valence-electron chi connectivity index (χ1n) is 6.27. The van der Waals surface area contributed by atoms with E-state index in [0.717, 1.165) is 6.07 Å². The number of rotatable bonds is 1. The Labute approximate surface area is 128 Å². The molecule has 2 aromatic rings. The summed E-state index contributed by atoms with van der Waals surface area (Å²) < 4.78 is 55.5. The Morgan fingerprint density at radius 2 is 1.52 bits per heavy atom. The molecule has 2 rings (SSSR count). The molecule has 0 fully saturated rings. The van der Waals surface area contributed by atoms with Gasteiger partial charge in [-0.15, -0.1) is 0 Å². The van der Waals surface area contributed by atoms with E-state index in [1.54, 1.807) is 20.8 Å². The third-order valence-corrected chi connectivity index (χ3v) is 3.77. The average Bonchev–Trinajstić information content (AvgIpc) is 2.38. The molecule has 0 amide bonds. The Balaban J connectivity index is 2.91. The van der Waals surface area contributed by atoms with Crippen LogP contribution in [0.25, 0.3) is 11.1 Å². The van der Waals surface area contributed by atoms with Gasteiger partial charge >= 0.3 is 0 Å². The van der Waals surface area contributed by atoms with Gasteiger partial charge in [-0.05, 0) is 39.0 Å². The Morgan fingerprint density at radius 1 is 0.905 bits per heavy atom. The minimum absolute atomic E-state index is 0.0505. The average molecular weight is 361 g/mol. The summed E-state index contributed by atoms with van der Waals surface area (Å²) >= 11 is 2.95. The minimum atomic E-state index is -1.20. The summed E-state index contributed by atoms with van der Waals surface area (Å²) in [7, 11) is 0.